The van der Waals surface area contributed by atoms with Crippen LogP contribution in [0.2, 0.25) is 0 Å². The molecule has 3 rings (SSSR count). The van der Waals surface area contributed by atoms with Crippen LogP contribution in [-0.2, 0) is 6.54 Å². The molecule has 22 heavy (non-hydrogen) atoms. The van der Waals surface area contributed by atoms with Crippen LogP contribution in [-0.4, -0.2) is 20.6 Å². The van der Waals surface area contributed by atoms with E-state index in [9.17, 15) is 9.59 Å². The summed E-state index contributed by atoms with van der Waals surface area (Å²) in [6.45, 7) is 4.43. The standard InChI is InChI=1S/C16H14N2O3S/c1-3-18-7-12(16(20)21)14(19)11-5-4-10(6-13(11)18)15-17-9(2)8-22-15/h4-8H,3H2,1-2H3,(H,20,21). The highest BCUT2D eigenvalue weighted by Gasteiger charge is 2.15. The number of aromatic nitrogens is 2. The molecule has 3 aromatic rings. The van der Waals surface area contributed by atoms with E-state index in [4.69, 9.17) is 5.11 Å². The number of aromatic carboxylic acids is 1. The molecule has 0 spiro atoms. The smallest absolute Gasteiger partial charge is 0.341 e. The average molecular weight is 314 g/mol. The van der Waals surface area contributed by atoms with Crippen LogP contribution in [0.15, 0.2) is 34.6 Å². The van der Waals surface area contributed by atoms with Crippen LogP contribution in [0.1, 0.15) is 23.0 Å². The van der Waals surface area contributed by atoms with Crippen molar-refractivity contribution in [2.75, 3.05) is 0 Å². The van der Waals surface area contributed by atoms with Gasteiger partial charge in [0.1, 0.15) is 10.6 Å². The highest BCUT2D eigenvalue weighted by Crippen LogP contribution is 2.26. The number of thiazole rings is 1. The fourth-order valence-corrected chi connectivity index (χ4v) is 3.22. The summed E-state index contributed by atoms with van der Waals surface area (Å²) in [5.74, 6) is -1.20. The van der Waals surface area contributed by atoms with Gasteiger partial charge in [-0.1, -0.05) is 6.07 Å². The minimum Gasteiger partial charge on any atom is -0.477 e. The van der Waals surface area contributed by atoms with Crippen molar-refractivity contribution >= 4 is 28.2 Å². The molecule has 5 nitrogen and oxygen atoms in total. The molecule has 0 aliphatic carbocycles. The number of hydrogen-bond donors (Lipinski definition) is 1. The number of pyridine rings is 1. The van der Waals surface area contributed by atoms with Crippen molar-refractivity contribution < 1.29 is 9.90 Å². The number of rotatable bonds is 3. The molecule has 6 heteroatoms. The van der Waals surface area contributed by atoms with Crippen molar-refractivity contribution in [1.29, 1.82) is 0 Å². The van der Waals surface area contributed by atoms with E-state index in [1.54, 1.807) is 22.0 Å². The van der Waals surface area contributed by atoms with Crippen LogP contribution in [0.5, 0.6) is 0 Å². The maximum absolute atomic E-state index is 12.3. The number of carboxylic acids is 1. The number of benzene rings is 1. The summed E-state index contributed by atoms with van der Waals surface area (Å²) in [5, 5.41) is 12.4. The van der Waals surface area contributed by atoms with Crippen LogP contribution in [0, 0.1) is 6.92 Å². The van der Waals surface area contributed by atoms with Crippen LogP contribution in [0.3, 0.4) is 0 Å². The molecule has 0 bridgehead atoms. The first-order valence-corrected chi connectivity index (χ1v) is 7.72. The topological polar surface area (TPSA) is 72.2 Å². The van der Waals surface area contributed by atoms with Crippen molar-refractivity contribution in [2.45, 2.75) is 20.4 Å². The van der Waals surface area contributed by atoms with Crippen molar-refractivity contribution in [3.8, 4) is 10.6 Å². The summed E-state index contributed by atoms with van der Waals surface area (Å²) in [6.07, 6.45) is 1.41. The lowest BCUT2D eigenvalue weighted by Crippen LogP contribution is -2.18. The molecule has 0 saturated heterocycles. The van der Waals surface area contributed by atoms with Gasteiger partial charge in [-0.3, -0.25) is 4.79 Å². The Kier molecular flexibility index (Phi) is 3.54. The third-order valence-electron chi connectivity index (χ3n) is 3.52. The molecule has 0 aliphatic heterocycles. The Hall–Kier alpha value is -2.47. The van der Waals surface area contributed by atoms with E-state index in [0.29, 0.717) is 11.9 Å². The summed E-state index contributed by atoms with van der Waals surface area (Å²) < 4.78 is 1.78. The van der Waals surface area contributed by atoms with Gasteiger partial charge in [-0.05, 0) is 26.0 Å². The lowest BCUT2D eigenvalue weighted by molar-refractivity contribution is 0.0695. The normalized spacial score (nSPS) is 11.0. The SMILES string of the molecule is CCn1cc(C(=O)O)c(=O)c2ccc(-c3nc(C)cs3)cc21. The van der Waals surface area contributed by atoms with Crippen LogP contribution < -0.4 is 5.43 Å². The quantitative estimate of drug-likeness (QED) is 0.806. The van der Waals surface area contributed by atoms with Crippen LogP contribution in [0.25, 0.3) is 21.5 Å². The molecule has 0 radical (unpaired) electrons. The number of hydrogen-bond acceptors (Lipinski definition) is 4. The molecular weight excluding hydrogens is 300 g/mol. The highest BCUT2D eigenvalue weighted by atomic mass is 32.1. The van der Waals surface area contributed by atoms with Gasteiger partial charge in [-0.15, -0.1) is 11.3 Å². The third-order valence-corrected chi connectivity index (χ3v) is 4.53. The lowest BCUT2D eigenvalue weighted by atomic mass is 10.1. The van der Waals surface area contributed by atoms with Gasteiger partial charge in [0.15, 0.2) is 0 Å². The summed E-state index contributed by atoms with van der Waals surface area (Å²) in [5.41, 5.74) is 1.95. The van der Waals surface area contributed by atoms with E-state index >= 15 is 0 Å². The summed E-state index contributed by atoms with van der Waals surface area (Å²) in [6, 6.07) is 5.39. The Morgan fingerprint density at radius 3 is 2.77 bits per heavy atom. The average Bonchev–Trinajstić information content (AvgIpc) is 2.93. The van der Waals surface area contributed by atoms with Crippen LogP contribution in [0.4, 0.5) is 0 Å². The van der Waals surface area contributed by atoms with Crippen molar-refractivity contribution in [2.24, 2.45) is 0 Å². The van der Waals surface area contributed by atoms with Crippen molar-refractivity contribution in [3.05, 3.63) is 51.3 Å². The van der Waals surface area contributed by atoms with E-state index in [-0.39, 0.29) is 5.56 Å². The first-order valence-electron chi connectivity index (χ1n) is 6.84. The maximum atomic E-state index is 12.3. The lowest BCUT2D eigenvalue weighted by Gasteiger charge is -2.11. The van der Waals surface area contributed by atoms with Gasteiger partial charge < -0.3 is 9.67 Å². The minimum atomic E-state index is -1.20. The fraction of sp³-hybridized carbons (Fsp3) is 0.188. The molecule has 0 aliphatic rings. The molecule has 112 valence electrons. The predicted octanol–water partition coefficient (Wildman–Crippen LogP) is 3.15. The molecule has 2 aromatic heterocycles. The molecule has 0 unspecified atom stereocenters. The Morgan fingerprint density at radius 1 is 1.41 bits per heavy atom. The first kappa shape index (κ1) is 14.5. The zero-order chi connectivity index (χ0) is 15.9. The summed E-state index contributed by atoms with van der Waals surface area (Å²) in [4.78, 5) is 27.9. The first-order chi connectivity index (χ1) is 10.5. The summed E-state index contributed by atoms with van der Waals surface area (Å²) in [7, 11) is 0. The molecule has 2 heterocycles. The van der Waals surface area contributed by atoms with Gasteiger partial charge in [-0.2, -0.15) is 0 Å². The van der Waals surface area contributed by atoms with E-state index in [1.165, 1.54) is 6.20 Å². The molecule has 0 fully saturated rings. The van der Waals surface area contributed by atoms with Gasteiger partial charge >= 0.3 is 5.97 Å². The molecule has 0 amide bonds. The van der Waals surface area contributed by atoms with Gasteiger partial charge in [-0.25, -0.2) is 9.78 Å². The molecular formula is C16H14N2O3S. The Labute approximate surface area is 130 Å². The second-order valence-corrected chi connectivity index (χ2v) is 5.85. The van der Waals surface area contributed by atoms with Gasteiger partial charge in [0.25, 0.3) is 0 Å². The molecule has 0 atom stereocenters. The monoisotopic (exact) mass is 314 g/mol. The van der Waals surface area contributed by atoms with E-state index < -0.39 is 11.4 Å². The Morgan fingerprint density at radius 2 is 2.18 bits per heavy atom. The zero-order valence-corrected chi connectivity index (χ0v) is 13.0. The highest BCUT2D eigenvalue weighted by molar-refractivity contribution is 7.13. The number of aryl methyl sites for hydroxylation is 2. The molecule has 1 aromatic carbocycles. The number of carboxylic acid groups (broad SMARTS) is 1. The molecule has 1 N–H and O–H groups in total. The second-order valence-electron chi connectivity index (χ2n) is 4.99. The van der Waals surface area contributed by atoms with Crippen molar-refractivity contribution in [3.63, 3.8) is 0 Å². The Balaban J connectivity index is 2.30. The predicted molar refractivity (Wildman–Crippen MR) is 86.7 cm³/mol. The van der Waals surface area contributed by atoms with Crippen LogP contribution >= 0.6 is 11.3 Å². The van der Waals surface area contributed by atoms with E-state index in [1.807, 2.05) is 31.4 Å². The minimum absolute atomic E-state index is 0.202. The van der Waals surface area contributed by atoms with E-state index in [0.717, 1.165) is 21.8 Å². The zero-order valence-electron chi connectivity index (χ0n) is 12.2. The fourth-order valence-electron chi connectivity index (χ4n) is 2.42. The third kappa shape index (κ3) is 2.31. The van der Waals surface area contributed by atoms with Crippen molar-refractivity contribution in [1.82, 2.24) is 9.55 Å². The van der Waals surface area contributed by atoms with E-state index in [2.05, 4.69) is 4.98 Å². The Bertz CT molecular complexity index is 940. The van der Waals surface area contributed by atoms with Gasteiger partial charge in [0, 0.05) is 34.8 Å². The molecule has 0 saturated carbocycles. The van der Waals surface area contributed by atoms with Gasteiger partial charge in [0.05, 0.1) is 5.52 Å². The van der Waals surface area contributed by atoms with Gasteiger partial charge in [0.2, 0.25) is 5.43 Å². The maximum Gasteiger partial charge on any atom is 0.341 e. The number of carbonyl (C=O) groups is 1. The number of nitrogens with zero attached hydrogens (tertiary/aromatic N) is 2. The number of fused-ring (bicyclic) bond motifs is 1. The second kappa shape index (κ2) is 5.38. The largest absolute Gasteiger partial charge is 0.477 e. The summed E-state index contributed by atoms with van der Waals surface area (Å²) >= 11 is 1.54.